The van der Waals surface area contributed by atoms with E-state index in [0.29, 0.717) is 0 Å². The topological polar surface area (TPSA) is 49.4 Å². The zero-order valence-electron chi connectivity index (χ0n) is 12.6. The van der Waals surface area contributed by atoms with E-state index in [-0.39, 0.29) is 5.25 Å². The van der Waals surface area contributed by atoms with E-state index >= 15 is 0 Å². The van der Waals surface area contributed by atoms with Crippen LogP contribution in [0.1, 0.15) is 30.4 Å². The Morgan fingerprint density at radius 3 is 2.95 bits per heavy atom. The second-order valence-corrected chi connectivity index (χ2v) is 8.61. The number of benzene rings is 1. The fourth-order valence-electron chi connectivity index (χ4n) is 3.50. The number of rotatable bonds is 3. The van der Waals surface area contributed by atoms with Gasteiger partial charge in [-0.3, -0.25) is 4.90 Å². The van der Waals surface area contributed by atoms with Gasteiger partial charge in [0, 0.05) is 25.0 Å². The van der Waals surface area contributed by atoms with Crippen LogP contribution >= 0.6 is 0 Å². The molecule has 0 saturated carbocycles. The third kappa shape index (κ3) is 3.40. The first-order valence-corrected chi connectivity index (χ1v) is 9.75. The van der Waals surface area contributed by atoms with Crippen molar-refractivity contribution >= 4 is 15.5 Å². The molecule has 1 fully saturated rings. The lowest BCUT2D eigenvalue weighted by atomic mass is 10.1. The molecule has 2 aliphatic rings. The molecule has 0 aliphatic carbocycles. The molecule has 2 aliphatic heterocycles. The number of anilines is 1. The van der Waals surface area contributed by atoms with Crippen LogP contribution in [0, 0.1) is 0 Å². The smallest absolute Gasteiger partial charge is 0.150 e. The molecule has 0 aromatic heterocycles. The zero-order valence-corrected chi connectivity index (χ0v) is 13.5. The summed E-state index contributed by atoms with van der Waals surface area (Å²) >= 11 is 0. The second-order valence-electron chi connectivity index (χ2n) is 6.29. The minimum absolute atomic E-state index is 0.151. The van der Waals surface area contributed by atoms with E-state index in [1.54, 1.807) is 0 Å². The lowest BCUT2D eigenvalue weighted by molar-refractivity contribution is 0.277. The summed E-state index contributed by atoms with van der Waals surface area (Å²) < 4.78 is 23.5. The average molecular weight is 308 g/mol. The lowest BCUT2D eigenvalue weighted by Crippen LogP contribution is -2.26. The molecule has 1 N–H and O–H groups in total. The number of nitrogens with zero attached hydrogens (tertiary/aromatic N) is 1. The maximum absolute atomic E-state index is 11.7. The van der Waals surface area contributed by atoms with Gasteiger partial charge in [0.1, 0.15) is 9.84 Å². The van der Waals surface area contributed by atoms with Crippen molar-refractivity contribution in [1.82, 2.24) is 4.90 Å². The molecule has 3 rings (SSSR count). The molecule has 1 unspecified atom stereocenters. The number of sulfone groups is 1. The summed E-state index contributed by atoms with van der Waals surface area (Å²) in [4.78, 5) is 2.40. The molecule has 21 heavy (non-hydrogen) atoms. The summed E-state index contributed by atoms with van der Waals surface area (Å²) in [6.07, 6.45) is 5.03. The number of hydrogen-bond donors (Lipinski definition) is 1. The van der Waals surface area contributed by atoms with E-state index in [2.05, 4.69) is 28.4 Å². The quantitative estimate of drug-likeness (QED) is 0.928. The van der Waals surface area contributed by atoms with Gasteiger partial charge in [0.15, 0.2) is 0 Å². The second kappa shape index (κ2) is 5.97. The van der Waals surface area contributed by atoms with Gasteiger partial charge < -0.3 is 5.32 Å². The van der Waals surface area contributed by atoms with Gasteiger partial charge in [0.05, 0.1) is 5.25 Å². The Bertz CT molecular complexity index is 613. The molecule has 0 bridgehead atoms. The van der Waals surface area contributed by atoms with Crippen LogP contribution in [0.4, 0.5) is 5.69 Å². The molecule has 1 aromatic carbocycles. The maximum Gasteiger partial charge on any atom is 0.150 e. The molecule has 4 nitrogen and oxygen atoms in total. The van der Waals surface area contributed by atoms with E-state index in [0.717, 1.165) is 51.9 Å². The van der Waals surface area contributed by atoms with Crippen molar-refractivity contribution in [2.75, 3.05) is 31.2 Å². The first-order valence-electron chi connectivity index (χ1n) is 7.80. The maximum atomic E-state index is 11.7. The number of hydrogen-bond acceptors (Lipinski definition) is 4. The van der Waals surface area contributed by atoms with Crippen LogP contribution in [0.3, 0.4) is 0 Å². The molecule has 1 atom stereocenters. The SMILES string of the molecule is CS(=O)(=O)C1CCCN(Cc2cccc3c2NCC3)CC1. The third-order valence-electron chi connectivity index (χ3n) is 4.70. The number of nitrogens with one attached hydrogen (secondary N) is 1. The standard InChI is InChI=1S/C16H24N2O2S/c1-21(19,20)15-6-3-10-18(11-8-15)12-14-5-2-4-13-7-9-17-16(13)14/h2,4-5,15,17H,3,6-12H2,1H3. The van der Waals surface area contributed by atoms with Crippen molar-refractivity contribution < 1.29 is 8.42 Å². The molecular formula is C16H24N2O2S. The van der Waals surface area contributed by atoms with Crippen molar-refractivity contribution in [1.29, 1.82) is 0 Å². The van der Waals surface area contributed by atoms with E-state index in [9.17, 15) is 8.42 Å². The molecule has 5 heteroatoms. The van der Waals surface area contributed by atoms with Gasteiger partial charge in [-0.05, 0) is 49.9 Å². The van der Waals surface area contributed by atoms with Crippen molar-refractivity contribution in [3.05, 3.63) is 29.3 Å². The molecule has 1 saturated heterocycles. The summed E-state index contributed by atoms with van der Waals surface area (Å²) in [5.74, 6) is 0. The van der Waals surface area contributed by atoms with Crippen LogP contribution in [-0.2, 0) is 22.8 Å². The summed E-state index contributed by atoms with van der Waals surface area (Å²) in [6.45, 7) is 3.83. The minimum atomic E-state index is -2.89. The van der Waals surface area contributed by atoms with Crippen LogP contribution in [-0.4, -0.2) is 44.5 Å². The van der Waals surface area contributed by atoms with Crippen LogP contribution in [0.2, 0.25) is 0 Å². The van der Waals surface area contributed by atoms with Gasteiger partial charge in [-0.2, -0.15) is 0 Å². The van der Waals surface area contributed by atoms with E-state index in [1.807, 2.05) is 0 Å². The minimum Gasteiger partial charge on any atom is -0.384 e. The number of fused-ring (bicyclic) bond motifs is 1. The van der Waals surface area contributed by atoms with Crippen molar-refractivity contribution in [2.24, 2.45) is 0 Å². The van der Waals surface area contributed by atoms with Crippen LogP contribution in [0.25, 0.3) is 0 Å². The Balaban J connectivity index is 1.68. The Labute approximate surface area is 127 Å². The van der Waals surface area contributed by atoms with Gasteiger partial charge in [0.2, 0.25) is 0 Å². The first-order chi connectivity index (χ1) is 10.0. The Morgan fingerprint density at radius 1 is 1.29 bits per heavy atom. The lowest BCUT2D eigenvalue weighted by Gasteiger charge is -2.21. The van der Waals surface area contributed by atoms with Crippen molar-refractivity contribution in [3.8, 4) is 0 Å². The molecule has 0 radical (unpaired) electrons. The van der Waals surface area contributed by atoms with Crippen LogP contribution < -0.4 is 5.32 Å². The summed E-state index contributed by atoms with van der Waals surface area (Å²) in [5, 5.41) is 3.33. The van der Waals surface area contributed by atoms with Gasteiger partial charge >= 0.3 is 0 Å². The van der Waals surface area contributed by atoms with Crippen LogP contribution in [0.15, 0.2) is 18.2 Å². The first kappa shape index (κ1) is 14.9. The zero-order chi connectivity index (χ0) is 14.9. The highest BCUT2D eigenvalue weighted by molar-refractivity contribution is 7.91. The molecule has 2 heterocycles. The fraction of sp³-hybridized carbons (Fsp3) is 0.625. The molecule has 0 amide bonds. The molecular weight excluding hydrogens is 284 g/mol. The van der Waals surface area contributed by atoms with Gasteiger partial charge in [0.25, 0.3) is 0 Å². The van der Waals surface area contributed by atoms with E-state index in [1.165, 1.54) is 23.1 Å². The monoisotopic (exact) mass is 308 g/mol. The molecule has 1 aromatic rings. The number of para-hydroxylation sites is 1. The molecule has 116 valence electrons. The van der Waals surface area contributed by atoms with Crippen molar-refractivity contribution in [3.63, 3.8) is 0 Å². The normalized spacial score (nSPS) is 23.4. The number of likely N-dealkylation sites (tertiary alicyclic amines) is 1. The third-order valence-corrected chi connectivity index (χ3v) is 6.38. The Kier molecular flexibility index (Phi) is 4.22. The predicted octanol–water partition coefficient (Wildman–Crippen LogP) is 2.05. The van der Waals surface area contributed by atoms with Crippen molar-refractivity contribution in [2.45, 2.75) is 37.5 Å². The highest BCUT2D eigenvalue weighted by atomic mass is 32.2. The Morgan fingerprint density at radius 2 is 2.14 bits per heavy atom. The Hall–Kier alpha value is -1.07. The highest BCUT2D eigenvalue weighted by Crippen LogP contribution is 2.28. The van der Waals surface area contributed by atoms with Gasteiger partial charge in [-0.25, -0.2) is 8.42 Å². The van der Waals surface area contributed by atoms with Gasteiger partial charge in [-0.15, -0.1) is 0 Å². The van der Waals surface area contributed by atoms with Crippen LogP contribution in [0.5, 0.6) is 0 Å². The highest BCUT2D eigenvalue weighted by Gasteiger charge is 2.25. The predicted molar refractivity (Wildman–Crippen MR) is 86.4 cm³/mol. The summed E-state index contributed by atoms with van der Waals surface area (Å²) in [5.41, 5.74) is 4.07. The van der Waals surface area contributed by atoms with E-state index < -0.39 is 9.84 Å². The summed E-state index contributed by atoms with van der Waals surface area (Å²) in [6, 6.07) is 6.52. The summed E-state index contributed by atoms with van der Waals surface area (Å²) in [7, 11) is -2.89. The largest absolute Gasteiger partial charge is 0.384 e. The van der Waals surface area contributed by atoms with E-state index in [4.69, 9.17) is 0 Å². The molecule has 0 spiro atoms. The average Bonchev–Trinajstić information content (AvgIpc) is 2.78. The van der Waals surface area contributed by atoms with Gasteiger partial charge in [-0.1, -0.05) is 18.2 Å². The fourth-order valence-corrected chi connectivity index (χ4v) is 4.62.